The summed E-state index contributed by atoms with van der Waals surface area (Å²) in [6, 6.07) is 63.0. The zero-order chi connectivity index (χ0) is 34.8. The van der Waals surface area contributed by atoms with Gasteiger partial charge in [-0.15, -0.1) is 22.7 Å². The first kappa shape index (κ1) is 31.0. The molecule has 10 aromatic rings. The Kier molecular flexibility index (Phi) is 7.42. The third kappa shape index (κ3) is 5.35. The fourth-order valence-corrected chi connectivity index (χ4v) is 10.4. The van der Waals surface area contributed by atoms with Gasteiger partial charge >= 0.3 is 0 Å². The van der Waals surface area contributed by atoms with Gasteiger partial charge in [-0.05, 0) is 117 Å². The smallest absolute Gasteiger partial charge is 0.0433 e. The van der Waals surface area contributed by atoms with Crippen molar-refractivity contribution < 1.29 is 0 Å². The quantitative estimate of drug-likeness (QED) is 0.168. The van der Waals surface area contributed by atoms with Crippen molar-refractivity contribution in [3.8, 4) is 55.6 Å². The van der Waals surface area contributed by atoms with Gasteiger partial charge in [-0.2, -0.15) is 0 Å². The zero-order valence-electron chi connectivity index (χ0n) is 29.0. The second kappa shape index (κ2) is 12.5. The summed E-state index contributed by atoms with van der Waals surface area (Å²) in [5, 5.41) is 5.34. The lowest BCUT2D eigenvalue weighted by molar-refractivity contribution is 1.46. The van der Waals surface area contributed by atoms with Crippen LogP contribution in [0.3, 0.4) is 0 Å². The largest absolute Gasteiger partial charge is 0.135 e. The number of hydrogen-bond acceptors (Lipinski definition) is 2. The Morgan fingerprint density at radius 3 is 1.10 bits per heavy atom. The maximum Gasteiger partial charge on any atom is 0.0433 e. The Morgan fingerprint density at radius 2 is 0.635 bits per heavy atom. The van der Waals surface area contributed by atoms with Crippen LogP contribution in [0, 0.1) is 13.8 Å². The molecular formula is C50H34S2. The molecule has 0 bridgehead atoms. The van der Waals surface area contributed by atoms with Crippen molar-refractivity contribution in [3.63, 3.8) is 0 Å². The Morgan fingerprint density at radius 1 is 0.288 bits per heavy atom. The molecular weight excluding hydrogens is 665 g/mol. The van der Waals surface area contributed by atoms with E-state index >= 15 is 0 Å². The molecule has 0 unspecified atom stereocenters. The van der Waals surface area contributed by atoms with Crippen molar-refractivity contribution in [3.05, 3.63) is 181 Å². The molecule has 0 spiro atoms. The molecule has 2 heteroatoms. The van der Waals surface area contributed by atoms with E-state index in [0.717, 1.165) is 0 Å². The third-order valence-electron chi connectivity index (χ3n) is 10.3. The molecule has 52 heavy (non-hydrogen) atoms. The van der Waals surface area contributed by atoms with E-state index in [1.54, 1.807) is 0 Å². The molecule has 0 amide bonds. The number of fused-ring (bicyclic) bond motifs is 6. The van der Waals surface area contributed by atoms with Crippen LogP contribution >= 0.6 is 22.7 Å². The van der Waals surface area contributed by atoms with E-state index in [-0.39, 0.29) is 0 Å². The highest BCUT2D eigenvalue weighted by molar-refractivity contribution is 7.26. The van der Waals surface area contributed by atoms with Crippen LogP contribution in [0.25, 0.3) is 96.0 Å². The van der Waals surface area contributed by atoms with Crippen LogP contribution < -0.4 is 0 Å². The van der Waals surface area contributed by atoms with Crippen LogP contribution in [0.4, 0.5) is 0 Å². The summed E-state index contributed by atoms with van der Waals surface area (Å²) in [5.41, 5.74) is 15.0. The summed E-state index contributed by atoms with van der Waals surface area (Å²) in [6.07, 6.45) is 0. The van der Waals surface area contributed by atoms with Gasteiger partial charge in [0, 0.05) is 40.3 Å². The molecule has 0 radical (unpaired) electrons. The summed E-state index contributed by atoms with van der Waals surface area (Å²) < 4.78 is 5.38. The molecule has 0 saturated heterocycles. The molecule has 0 nitrogen and oxygen atoms in total. The second-order valence-corrected chi connectivity index (χ2v) is 16.0. The molecule has 246 valence electrons. The van der Waals surface area contributed by atoms with Crippen molar-refractivity contribution in [1.82, 2.24) is 0 Å². The van der Waals surface area contributed by atoms with Gasteiger partial charge in [0.2, 0.25) is 0 Å². The van der Waals surface area contributed by atoms with Gasteiger partial charge in [-0.3, -0.25) is 0 Å². The molecule has 2 heterocycles. The minimum Gasteiger partial charge on any atom is -0.135 e. The van der Waals surface area contributed by atoms with Gasteiger partial charge in [0.15, 0.2) is 0 Å². The van der Waals surface area contributed by atoms with Crippen molar-refractivity contribution in [2.45, 2.75) is 13.8 Å². The molecule has 0 aliphatic rings. The fourth-order valence-electron chi connectivity index (χ4n) is 7.92. The van der Waals surface area contributed by atoms with Gasteiger partial charge in [0.25, 0.3) is 0 Å². The van der Waals surface area contributed by atoms with E-state index < -0.39 is 0 Å². The molecule has 0 fully saturated rings. The number of rotatable bonds is 5. The van der Waals surface area contributed by atoms with E-state index in [0.29, 0.717) is 0 Å². The lowest BCUT2D eigenvalue weighted by atomic mass is 9.92. The maximum atomic E-state index is 2.37. The number of benzene rings is 8. The average molecular weight is 699 g/mol. The average Bonchev–Trinajstić information content (AvgIpc) is 3.76. The Labute approximate surface area is 311 Å². The van der Waals surface area contributed by atoms with Crippen molar-refractivity contribution in [2.24, 2.45) is 0 Å². The predicted octanol–water partition coefficient (Wildman–Crippen LogP) is 15.4. The van der Waals surface area contributed by atoms with Crippen molar-refractivity contribution in [2.75, 3.05) is 0 Å². The highest BCUT2D eigenvalue weighted by atomic mass is 32.1. The summed E-state index contributed by atoms with van der Waals surface area (Å²) in [7, 11) is 0. The van der Waals surface area contributed by atoms with Gasteiger partial charge in [0.1, 0.15) is 0 Å². The minimum atomic E-state index is 1.22. The number of hydrogen-bond donors (Lipinski definition) is 0. The van der Waals surface area contributed by atoms with E-state index in [1.807, 2.05) is 22.7 Å². The van der Waals surface area contributed by atoms with Crippen molar-refractivity contribution in [1.29, 1.82) is 0 Å². The van der Waals surface area contributed by atoms with Crippen molar-refractivity contribution >= 4 is 63.0 Å². The first-order chi connectivity index (χ1) is 25.6. The van der Waals surface area contributed by atoms with Crippen LogP contribution in [0.2, 0.25) is 0 Å². The Balaban J connectivity index is 1.02. The molecule has 10 rings (SSSR count). The standard InChI is InChI=1S/C50H34S2/c1-31-23-37(29-39(25-31)41-17-9-19-45-43-15-3-5-21-47(43)51-49(41)45)35-13-7-11-33(27-35)34-12-8-14-36(28-34)38-24-32(2)26-40(30-38)42-18-10-20-46-44-16-4-6-22-48(44)52-50(42)46/h3-30H,1-2H3. The molecule has 2 aromatic heterocycles. The van der Waals surface area contributed by atoms with Crippen LogP contribution in [0.1, 0.15) is 11.1 Å². The molecule has 0 atom stereocenters. The van der Waals surface area contributed by atoms with Gasteiger partial charge < -0.3 is 0 Å². The lowest BCUT2D eigenvalue weighted by Crippen LogP contribution is -1.87. The second-order valence-electron chi connectivity index (χ2n) is 13.9. The van der Waals surface area contributed by atoms with Crippen LogP contribution in [0.15, 0.2) is 170 Å². The highest BCUT2D eigenvalue weighted by Crippen LogP contribution is 2.43. The lowest BCUT2D eigenvalue weighted by Gasteiger charge is -2.13. The van der Waals surface area contributed by atoms with E-state index in [9.17, 15) is 0 Å². The van der Waals surface area contributed by atoms with E-state index in [4.69, 9.17) is 0 Å². The molecule has 0 N–H and O–H groups in total. The van der Waals surface area contributed by atoms with Crippen LogP contribution in [-0.2, 0) is 0 Å². The summed E-state index contributed by atoms with van der Waals surface area (Å²) in [4.78, 5) is 0. The maximum absolute atomic E-state index is 2.37. The van der Waals surface area contributed by atoms with Gasteiger partial charge in [-0.1, -0.05) is 133 Å². The normalized spacial score (nSPS) is 11.7. The monoisotopic (exact) mass is 698 g/mol. The summed E-state index contributed by atoms with van der Waals surface area (Å²) in [5.74, 6) is 0. The van der Waals surface area contributed by atoms with E-state index in [1.165, 1.54) is 107 Å². The van der Waals surface area contributed by atoms with E-state index in [2.05, 4.69) is 184 Å². The topological polar surface area (TPSA) is 0 Å². The van der Waals surface area contributed by atoms with Gasteiger partial charge in [-0.25, -0.2) is 0 Å². The van der Waals surface area contributed by atoms with Crippen LogP contribution in [0.5, 0.6) is 0 Å². The molecule has 0 aliphatic carbocycles. The summed E-state index contributed by atoms with van der Waals surface area (Å²) >= 11 is 3.78. The minimum absolute atomic E-state index is 1.22. The first-order valence-electron chi connectivity index (χ1n) is 17.8. The SMILES string of the molecule is Cc1cc(-c2cccc(-c3cccc(-c4cc(C)cc(-c5cccc6c5sc5ccccc56)c4)c3)c2)cc(-c2cccc3c2sc2ccccc23)c1. The third-order valence-corrected chi connectivity index (χ3v) is 12.8. The number of aryl methyl sites for hydroxylation is 2. The first-order valence-corrected chi connectivity index (χ1v) is 19.4. The molecule has 0 saturated carbocycles. The van der Waals surface area contributed by atoms with Crippen LogP contribution in [-0.4, -0.2) is 0 Å². The summed E-state index contributed by atoms with van der Waals surface area (Å²) in [6.45, 7) is 4.42. The Bertz CT molecular complexity index is 2790. The predicted molar refractivity (Wildman–Crippen MR) is 229 cm³/mol. The number of thiophene rings is 2. The molecule has 0 aliphatic heterocycles. The Hall–Kier alpha value is -5.80. The van der Waals surface area contributed by atoms with Gasteiger partial charge in [0.05, 0.1) is 0 Å². The zero-order valence-corrected chi connectivity index (χ0v) is 30.6. The molecule has 8 aromatic carbocycles. The highest BCUT2D eigenvalue weighted by Gasteiger charge is 2.14. The fraction of sp³-hybridized carbons (Fsp3) is 0.0400.